The first kappa shape index (κ1) is 16.4. The van der Waals surface area contributed by atoms with Crippen molar-refractivity contribution in [1.82, 2.24) is 15.5 Å². The fraction of sp³-hybridized carbons (Fsp3) is 0.857. The molecule has 6 nitrogen and oxygen atoms in total. The van der Waals surface area contributed by atoms with Gasteiger partial charge in [0.1, 0.15) is 5.25 Å². The second-order valence-electron chi connectivity index (χ2n) is 5.93. The Bertz CT molecular complexity index is 554. The SMILES string of the molecule is CCNC1CCCCC1Cc1nc(C(C)S(C)(=O)=O)no1. The molecule has 1 aromatic rings. The summed E-state index contributed by atoms with van der Waals surface area (Å²) < 4.78 is 28.3. The van der Waals surface area contributed by atoms with E-state index in [9.17, 15) is 8.42 Å². The molecule has 3 atom stereocenters. The van der Waals surface area contributed by atoms with Crippen LogP contribution in [0, 0.1) is 5.92 Å². The van der Waals surface area contributed by atoms with Gasteiger partial charge in [-0.2, -0.15) is 4.98 Å². The quantitative estimate of drug-likeness (QED) is 0.863. The third-order valence-electron chi connectivity index (χ3n) is 4.30. The zero-order valence-corrected chi connectivity index (χ0v) is 13.8. The molecular weight excluding hydrogens is 290 g/mol. The molecule has 0 radical (unpaired) electrons. The lowest BCUT2D eigenvalue weighted by atomic mass is 9.82. The molecule has 1 N–H and O–H groups in total. The Morgan fingerprint density at radius 2 is 2.10 bits per heavy atom. The molecule has 1 heterocycles. The van der Waals surface area contributed by atoms with Gasteiger partial charge in [-0.05, 0) is 32.2 Å². The number of rotatable bonds is 6. The maximum Gasteiger partial charge on any atom is 0.227 e. The smallest absolute Gasteiger partial charge is 0.227 e. The average molecular weight is 315 g/mol. The van der Waals surface area contributed by atoms with Gasteiger partial charge in [0.15, 0.2) is 15.7 Å². The predicted octanol–water partition coefficient (Wildman–Crippen LogP) is 1.89. The van der Waals surface area contributed by atoms with E-state index in [1.165, 1.54) is 25.5 Å². The largest absolute Gasteiger partial charge is 0.339 e. The van der Waals surface area contributed by atoms with Crippen LogP contribution in [-0.2, 0) is 16.3 Å². The molecule has 21 heavy (non-hydrogen) atoms. The number of hydrogen-bond donors (Lipinski definition) is 1. The molecule has 0 aromatic carbocycles. The lowest BCUT2D eigenvalue weighted by Gasteiger charge is -2.31. The summed E-state index contributed by atoms with van der Waals surface area (Å²) in [6.45, 7) is 4.66. The Labute approximate surface area is 126 Å². The third-order valence-corrected chi connectivity index (χ3v) is 5.80. The molecule has 0 amide bonds. The number of hydrogen-bond acceptors (Lipinski definition) is 6. The lowest BCUT2D eigenvalue weighted by Crippen LogP contribution is -2.39. The Hall–Kier alpha value is -0.950. The summed E-state index contributed by atoms with van der Waals surface area (Å²) in [5, 5.41) is 6.64. The molecule has 1 saturated carbocycles. The van der Waals surface area contributed by atoms with E-state index in [1.807, 2.05) is 0 Å². The van der Waals surface area contributed by atoms with Gasteiger partial charge in [-0.3, -0.25) is 0 Å². The van der Waals surface area contributed by atoms with Crippen molar-refractivity contribution in [2.75, 3.05) is 12.8 Å². The van der Waals surface area contributed by atoms with Crippen molar-refractivity contribution in [1.29, 1.82) is 0 Å². The van der Waals surface area contributed by atoms with Gasteiger partial charge in [0, 0.05) is 18.7 Å². The van der Waals surface area contributed by atoms with Crippen LogP contribution < -0.4 is 5.32 Å². The summed E-state index contributed by atoms with van der Waals surface area (Å²) in [5.74, 6) is 1.30. The molecule has 2 rings (SSSR count). The monoisotopic (exact) mass is 315 g/mol. The van der Waals surface area contributed by atoms with E-state index in [0.29, 0.717) is 17.9 Å². The van der Waals surface area contributed by atoms with Gasteiger partial charge in [-0.25, -0.2) is 8.42 Å². The van der Waals surface area contributed by atoms with Crippen molar-refractivity contribution < 1.29 is 12.9 Å². The summed E-state index contributed by atoms with van der Waals surface area (Å²) >= 11 is 0. The van der Waals surface area contributed by atoms with Crippen LogP contribution in [0.3, 0.4) is 0 Å². The van der Waals surface area contributed by atoms with Gasteiger partial charge in [-0.1, -0.05) is 24.9 Å². The van der Waals surface area contributed by atoms with Crippen molar-refractivity contribution >= 4 is 9.84 Å². The Morgan fingerprint density at radius 1 is 1.38 bits per heavy atom. The first-order valence-corrected chi connectivity index (χ1v) is 9.62. The number of nitrogens with one attached hydrogen (secondary N) is 1. The van der Waals surface area contributed by atoms with Crippen molar-refractivity contribution in [3.8, 4) is 0 Å². The molecule has 1 fully saturated rings. The maximum atomic E-state index is 11.5. The third kappa shape index (κ3) is 4.26. The molecule has 0 bridgehead atoms. The highest BCUT2D eigenvalue weighted by molar-refractivity contribution is 7.90. The van der Waals surface area contributed by atoms with Crippen LogP contribution in [0.4, 0.5) is 0 Å². The van der Waals surface area contributed by atoms with E-state index in [-0.39, 0.29) is 5.82 Å². The fourth-order valence-corrected chi connectivity index (χ4v) is 3.39. The summed E-state index contributed by atoms with van der Waals surface area (Å²) in [7, 11) is -3.19. The average Bonchev–Trinajstić information content (AvgIpc) is 2.88. The van der Waals surface area contributed by atoms with E-state index in [0.717, 1.165) is 19.4 Å². The molecule has 0 aliphatic heterocycles. The molecular formula is C14H25N3O3S. The maximum absolute atomic E-state index is 11.5. The van der Waals surface area contributed by atoms with Crippen molar-refractivity contribution in [2.45, 2.75) is 57.2 Å². The zero-order chi connectivity index (χ0) is 15.5. The van der Waals surface area contributed by atoms with E-state index >= 15 is 0 Å². The van der Waals surface area contributed by atoms with E-state index in [1.54, 1.807) is 6.92 Å². The lowest BCUT2D eigenvalue weighted by molar-refractivity contribution is 0.242. The number of sulfone groups is 1. The van der Waals surface area contributed by atoms with E-state index < -0.39 is 15.1 Å². The van der Waals surface area contributed by atoms with Crippen molar-refractivity contribution in [3.63, 3.8) is 0 Å². The van der Waals surface area contributed by atoms with Gasteiger partial charge in [0.25, 0.3) is 0 Å². The van der Waals surface area contributed by atoms with Gasteiger partial charge in [0.2, 0.25) is 5.89 Å². The fourth-order valence-electron chi connectivity index (χ4n) is 2.91. The molecule has 1 aliphatic rings. The van der Waals surface area contributed by atoms with E-state index in [4.69, 9.17) is 4.52 Å². The van der Waals surface area contributed by atoms with Crippen molar-refractivity contribution in [3.05, 3.63) is 11.7 Å². The minimum atomic E-state index is -3.19. The van der Waals surface area contributed by atoms with Crippen LogP contribution in [0.1, 0.15) is 56.5 Å². The predicted molar refractivity (Wildman–Crippen MR) is 80.7 cm³/mol. The molecule has 0 saturated heterocycles. The standard InChI is InChI=1S/C14H25N3O3S/c1-4-15-12-8-6-5-7-11(12)9-13-16-14(17-20-13)10(2)21(3,18)19/h10-12,15H,4-9H2,1-3H3. The minimum Gasteiger partial charge on any atom is -0.339 e. The number of nitrogens with zero attached hydrogens (tertiary/aromatic N) is 2. The van der Waals surface area contributed by atoms with Crippen LogP contribution in [0.5, 0.6) is 0 Å². The highest BCUT2D eigenvalue weighted by Crippen LogP contribution is 2.28. The summed E-state index contributed by atoms with van der Waals surface area (Å²) in [4.78, 5) is 4.28. The molecule has 120 valence electrons. The first-order valence-electron chi connectivity index (χ1n) is 7.66. The Morgan fingerprint density at radius 3 is 2.76 bits per heavy atom. The highest BCUT2D eigenvalue weighted by Gasteiger charge is 2.28. The molecule has 0 spiro atoms. The summed E-state index contributed by atoms with van der Waals surface area (Å²) in [5.41, 5.74) is 0. The Balaban J connectivity index is 2.04. The number of aromatic nitrogens is 2. The van der Waals surface area contributed by atoms with Gasteiger partial charge in [0.05, 0.1) is 0 Å². The summed E-state index contributed by atoms with van der Waals surface area (Å²) in [6, 6.07) is 0.492. The normalized spacial score (nSPS) is 24.9. The minimum absolute atomic E-state index is 0.267. The molecule has 1 aliphatic carbocycles. The topological polar surface area (TPSA) is 85.1 Å². The highest BCUT2D eigenvalue weighted by atomic mass is 32.2. The second-order valence-corrected chi connectivity index (χ2v) is 8.30. The first-order chi connectivity index (χ1) is 9.91. The molecule has 3 unspecified atom stereocenters. The zero-order valence-electron chi connectivity index (χ0n) is 13.0. The van der Waals surface area contributed by atoms with Gasteiger partial charge >= 0.3 is 0 Å². The molecule has 1 aromatic heterocycles. The van der Waals surface area contributed by atoms with Crippen LogP contribution in [0.25, 0.3) is 0 Å². The van der Waals surface area contributed by atoms with Crippen molar-refractivity contribution in [2.24, 2.45) is 5.92 Å². The van der Waals surface area contributed by atoms with Crippen LogP contribution in [0.2, 0.25) is 0 Å². The van der Waals surface area contributed by atoms with Crippen LogP contribution in [-0.4, -0.2) is 37.4 Å². The summed E-state index contributed by atoms with van der Waals surface area (Å²) in [6.07, 6.45) is 6.73. The Kier molecular flexibility index (Phi) is 5.37. The van der Waals surface area contributed by atoms with Crippen LogP contribution >= 0.6 is 0 Å². The van der Waals surface area contributed by atoms with Gasteiger partial charge < -0.3 is 9.84 Å². The van der Waals surface area contributed by atoms with E-state index in [2.05, 4.69) is 22.4 Å². The van der Waals surface area contributed by atoms with Crippen LogP contribution in [0.15, 0.2) is 4.52 Å². The second kappa shape index (κ2) is 6.87. The molecule has 7 heteroatoms. The van der Waals surface area contributed by atoms with Gasteiger partial charge in [-0.15, -0.1) is 0 Å².